The molecule has 1 aliphatic rings. The Morgan fingerprint density at radius 2 is 2.07 bits per heavy atom. The Hall–Kier alpha value is -3.29. The van der Waals surface area contributed by atoms with Crippen molar-refractivity contribution in [1.29, 1.82) is 0 Å². The van der Waals surface area contributed by atoms with E-state index in [0.717, 1.165) is 0 Å². The lowest BCUT2D eigenvalue weighted by Gasteiger charge is -2.18. The van der Waals surface area contributed by atoms with Crippen molar-refractivity contribution < 1.29 is 28.2 Å². The minimum Gasteiger partial charge on any atom is -0.490 e. The van der Waals surface area contributed by atoms with Gasteiger partial charge in [-0.3, -0.25) is 9.59 Å². The molecule has 0 aliphatic carbocycles. The first-order valence-corrected chi connectivity index (χ1v) is 8.45. The molecule has 0 saturated carbocycles. The number of hydrogen-bond acceptors (Lipinski definition) is 5. The first-order valence-electron chi connectivity index (χ1n) is 8.45. The van der Waals surface area contributed by atoms with Gasteiger partial charge in [-0.15, -0.1) is 0 Å². The molecule has 2 N–H and O–H groups in total. The summed E-state index contributed by atoms with van der Waals surface area (Å²) < 4.78 is 29.4. The van der Waals surface area contributed by atoms with Gasteiger partial charge in [0.15, 0.2) is 24.8 Å². The molecule has 142 valence electrons. The van der Waals surface area contributed by atoms with Crippen molar-refractivity contribution in [2.24, 2.45) is 0 Å². The Morgan fingerprint density at radius 3 is 2.93 bits per heavy atom. The van der Waals surface area contributed by atoms with E-state index in [1.54, 1.807) is 36.4 Å². The van der Waals surface area contributed by atoms with E-state index < -0.39 is 5.82 Å². The van der Waals surface area contributed by atoms with Crippen LogP contribution in [-0.2, 0) is 9.59 Å². The molecule has 0 fully saturated rings. The lowest BCUT2D eigenvalue weighted by Crippen LogP contribution is -2.30. The minimum atomic E-state index is -0.413. The molecular weight excluding hydrogens is 355 g/mol. The number of halogens is 1. The maximum absolute atomic E-state index is 13.4. The Balaban J connectivity index is 1.34. The summed E-state index contributed by atoms with van der Waals surface area (Å²) in [5, 5.41) is 5.37. The Bertz CT molecular complexity index is 827. The van der Waals surface area contributed by atoms with Crippen LogP contribution in [-0.4, -0.2) is 38.2 Å². The molecular formula is C19H19FN2O5. The van der Waals surface area contributed by atoms with Gasteiger partial charge in [0.25, 0.3) is 11.8 Å². The van der Waals surface area contributed by atoms with Gasteiger partial charge in [0.1, 0.15) is 11.5 Å². The SMILES string of the molecule is O=C(COc1ccc2c(c1)OCC(=O)N2)NCCCOc1ccccc1F. The van der Waals surface area contributed by atoms with Gasteiger partial charge in [-0.1, -0.05) is 12.1 Å². The predicted octanol–water partition coefficient (Wildman–Crippen LogP) is 2.12. The Morgan fingerprint density at radius 1 is 1.22 bits per heavy atom. The maximum Gasteiger partial charge on any atom is 0.262 e. The largest absolute Gasteiger partial charge is 0.490 e. The molecule has 0 spiro atoms. The summed E-state index contributed by atoms with van der Waals surface area (Å²) in [6.07, 6.45) is 0.534. The van der Waals surface area contributed by atoms with Crippen LogP contribution in [0.4, 0.5) is 10.1 Å². The molecule has 0 radical (unpaired) electrons. The van der Waals surface area contributed by atoms with Crippen molar-refractivity contribution in [2.45, 2.75) is 6.42 Å². The number of fused-ring (bicyclic) bond motifs is 1. The van der Waals surface area contributed by atoms with E-state index in [4.69, 9.17) is 14.2 Å². The fourth-order valence-electron chi connectivity index (χ4n) is 2.39. The highest BCUT2D eigenvalue weighted by Crippen LogP contribution is 2.31. The lowest BCUT2D eigenvalue weighted by molar-refractivity contribution is -0.123. The molecule has 0 bridgehead atoms. The molecule has 2 aromatic rings. The number of amides is 2. The Labute approximate surface area is 155 Å². The third-order valence-corrected chi connectivity index (χ3v) is 3.69. The lowest BCUT2D eigenvalue weighted by atomic mass is 10.2. The van der Waals surface area contributed by atoms with E-state index >= 15 is 0 Å². The van der Waals surface area contributed by atoms with Crippen LogP contribution in [0.25, 0.3) is 0 Å². The third kappa shape index (κ3) is 5.34. The van der Waals surface area contributed by atoms with E-state index in [-0.39, 0.29) is 37.4 Å². The maximum atomic E-state index is 13.4. The van der Waals surface area contributed by atoms with Crippen LogP contribution in [0.1, 0.15) is 6.42 Å². The molecule has 3 rings (SSSR count). The molecule has 2 amide bonds. The average Bonchev–Trinajstić information content (AvgIpc) is 2.67. The van der Waals surface area contributed by atoms with Gasteiger partial charge in [-0.2, -0.15) is 0 Å². The normalized spacial score (nSPS) is 12.4. The number of rotatable bonds is 8. The summed E-state index contributed by atoms with van der Waals surface area (Å²) in [4.78, 5) is 23.0. The number of hydrogen-bond donors (Lipinski definition) is 2. The summed E-state index contributed by atoms with van der Waals surface area (Å²) in [5.74, 6) is 0.240. The summed E-state index contributed by atoms with van der Waals surface area (Å²) in [7, 11) is 0. The number of para-hydroxylation sites is 1. The van der Waals surface area contributed by atoms with Crippen molar-refractivity contribution in [3.05, 3.63) is 48.3 Å². The van der Waals surface area contributed by atoms with E-state index in [9.17, 15) is 14.0 Å². The summed E-state index contributed by atoms with van der Waals surface area (Å²) >= 11 is 0. The molecule has 7 nitrogen and oxygen atoms in total. The van der Waals surface area contributed by atoms with Crippen LogP contribution in [0.15, 0.2) is 42.5 Å². The van der Waals surface area contributed by atoms with E-state index in [0.29, 0.717) is 30.2 Å². The molecule has 0 atom stereocenters. The van der Waals surface area contributed by atoms with Gasteiger partial charge in [0.2, 0.25) is 0 Å². The monoisotopic (exact) mass is 374 g/mol. The van der Waals surface area contributed by atoms with Crippen LogP contribution in [0.3, 0.4) is 0 Å². The fraction of sp³-hybridized carbons (Fsp3) is 0.263. The zero-order valence-corrected chi connectivity index (χ0v) is 14.5. The summed E-state index contributed by atoms with van der Waals surface area (Å²) in [6.45, 7) is 0.469. The highest BCUT2D eigenvalue weighted by atomic mass is 19.1. The van der Waals surface area contributed by atoms with E-state index in [2.05, 4.69) is 10.6 Å². The number of benzene rings is 2. The van der Waals surface area contributed by atoms with Crippen molar-refractivity contribution >= 4 is 17.5 Å². The van der Waals surface area contributed by atoms with E-state index in [1.165, 1.54) is 6.07 Å². The third-order valence-electron chi connectivity index (χ3n) is 3.69. The second-order valence-corrected chi connectivity index (χ2v) is 5.77. The zero-order chi connectivity index (χ0) is 19.1. The van der Waals surface area contributed by atoms with Crippen LogP contribution in [0.2, 0.25) is 0 Å². The molecule has 0 unspecified atom stereocenters. The highest BCUT2D eigenvalue weighted by Gasteiger charge is 2.16. The first-order chi connectivity index (χ1) is 13.1. The molecule has 1 heterocycles. The predicted molar refractivity (Wildman–Crippen MR) is 95.6 cm³/mol. The van der Waals surface area contributed by atoms with Crippen molar-refractivity contribution in [3.63, 3.8) is 0 Å². The van der Waals surface area contributed by atoms with E-state index in [1.807, 2.05) is 0 Å². The van der Waals surface area contributed by atoms with Crippen LogP contribution < -0.4 is 24.8 Å². The topological polar surface area (TPSA) is 85.9 Å². The number of anilines is 1. The van der Waals surface area contributed by atoms with Crippen molar-refractivity contribution in [2.75, 3.05) is 31.7 Å². The van der Waals surface area contributed by atoms with Gasteiger partial charge in [-0.25, -0.2) is 4.39 Å². The molecule has 0 saturated heterocycles. The first kappa shape index (κ1) is 18.5. The second kappa shape index (κ2) is 8.88. The standard InChI is InChI=1S/C19H19FN2O5/c20-14-4-1-2-5-16(14)25-9-3-8-21-18(23)11-26-13-6-7-15-17(10-13)27-12-19(24)22-15/h1-2,4-7,10H,3,8-9,11-12H2,(H,21,23)(H,22,24). The number of carbonyl (C=O) groups is 2. The van der Waals surface area contributed by atoms with Gasteiger partial charge in [0.05, 0.1) is 12.3 Å². The number of nitrogens with one attached hydrogen (secondary N) is 2. The van der Waals surface area contributed by atoms with Gasteiger partial charge in [-0.05, 0) is 30.7 Å². The van der Waals surface area contributed by atoms with Crippen LogP contribution >= 0.6 is 0 Å². The average molecular weight is 374 g/mol. The quantitative estimate of drug-likeness (QED) is 0.692. The van der Waals surface area contributed by atoms with Crippen molar-refractivity contribution in [1.82, 2.24) is 5.32 Å². The van der Waals surface area contributed by atoms with Crippen LogP contribution in [0, 0.1) is 5.82 Å². The highest BCUT2D eigenvalue weighted by molar-refractivity contribution is 5.95. The zero-order valence-electron chi connectivity index (χ0n) is 14.5. The van der Waals surface area contributed by atoms with Gasteiger partial charge in [0, 0.05) is 12.6 Å². The number of ether oxygens (including phenoxy) is 3. The molecule has 0 aromatic heterocycles. The minimum absolute atomic E-state index is 0.0497. The van der Waals surface area contributed by atoms with Crippen molar-refractivity contribution in [3.8, 4) is 17.2 Å². The summed E-state index contributed by atoms with van der Waals surface area (Å²) in [6, 6.07) is 11.1. The number of carbonyl (C=O) groups excluding carboxylic acids is 2. The fourth-order valence-corrected chi connectivity index (χ4v) is 2.39. The van der Waals surface area contributed by atoms with Gasteiger partial charge < -0.3 is 24.8 Å². The molecule has 1 aliphatic heterocycles. The molecule has 8 heteroatoms. The summed E-state index contributed by atoms with van der Waals surface area (Å²) in [5.41, 5.74) is 0.568. The Kier molecular flexibility index (Phi) is 6.09. The smallest absolute Gasteiger partial charge is 0.262 e. The second-order valence-electron chi connectivity index (χ2n) is 5.77. The van der Waals surface area contributed by atoms with Crippen LogP contribution in [0.5, 0.6) is 17.2 Å². The molecule has 2 aromatic carbocycles. The molecule has 27 heavy (non-hydrogen) atoms. The van der Waals surface area contributed by atoms with Gasteiger partial charge >= 0.3 is 0 Å².